The maximum Gasteiger partial charge on any atom is 0.220 e. The molecule has 5 rings (SSSR count). The highest BCUT2D eigenvalue weighted by Crippen LogP contribution is 2.35. The van der Waals surface area contributed by atoms with Crippen LogP contribution in [0, 0.1) is 0 Å². The van der Waals surface area contributed by atoms with Gasteiger partial charge in [0.15, 0.2) is 5.58 Å². The van der Waals surface area contributed by atoms with Crippen molar-refractivity contribution in [1.82, 2.24) is 15.0 Å². The van der Waals surface area contributed by atoms with Crippen LogP contribution in [0.15, 0.2) is 53.1 Å². The van der Waals surface area contributed by atoms with E-state index in [1.807, 2.05) is 42.5 Å². The van der Waals surface area contributed by atoms with Crippen molar-refractivity contribution in [2.24, 2.45) is 0 Å². The van der Waals surface area contributed by atoms with Gasteiger partial charge in [-0.1, -0.05) is 17.7 Å². The summed E-state index contributed by atoms with van der Waals surface area (Å²) >= 11 is 6.11. The fourth-order valence-corrected chi connectivity index (χ4v) is 3.53. The maximum absolute atomic E-state index is 6.11. The van der Waals surface area contributed by atoms with Crippen molar-refractivity contribution < 1.29 is 9.15 Å². The highest BCUT2D eigenvalue weighted by Gasteiger charge is 2.26. The fourth-order valence-electron chi connectivity index (χ4n) is 3.33. The fraction of sp³-hybridized carbons (Fsp3) is 0.150. The summed E-state index contributed by atoms with van der Waals surface area (Å²) in [4.78, 5) is 12.8. The topological polar surface area (TPSA) is 87.1 Å². The van der Waals surface area contributed by atoms with E-state index in [1.54, 1.807) is 6.20 Å². The predicted octanol–water partition coefficient (Wildman–Crippen LogP) is 4.24. The third kappa shape index (κ3) is 2.98. The first-order valence-electron chi connectivity index (χ1n) is 8.56. The van der Waals surface area contributed by atoms with Crippen LogP contribution >= 0.6 is 11.6 Å². The molecule has 0 saturated carbocycles. The number of nitrogen functional groups attached to an aromatic ring is 1. The molecule has 0 aliphatic carbocycles. The van der Waals surface area contributed by atoms with E-state index in [2.05, 4.69) is 15.0 Å². The van der Waals surface area contributed by atoms with Crippen molar-refractivity contribution in [3.63, 3.8) is 0 Å². The molecule has 7 heteroatoms. The molecule has 134 valence electrons. The third-order valence-electron chi connectivity index (χ3n) is 4.65. The lowest BCUT2D eigenvalue weighted by molar-refractivity contribution is 0.243. The van der Waals surface area contributed by atoms with Gasteiger partial charge in [-0.2, -0.15) is 0 Å². The second kappa shape index (κ2) is 6.25. The monoisotopic (exact) mass is 378 g/mol. The quantitative estimate of drug-likeness (QED) is 0.561. The number of hydrogen-bond acceptors (Lipinski definition) is 6. The van der Waals surface area contributed by atoms with Crippen LogP contribution < -0.4 is 10.5 Å². The molecule has 1 aliphatic heterocycles. The van der Waals surface area contributed by atoms with E-state index >= 15 is 0 Å². The van der Waals surface area contributed by atoms with Crippen molar-refractivity contribution in [2.45, 2.75) is 12.3 Å². The summed E-state index contributed by atoms with van der Waals surface area (Å²) in [5.74, 6) is 1.81. The van der Waals surface area contributed by atoms with Gasteiger partial charge >= 0.3 is 0 Å². The van der Waals surface area contributed by atoms with Crippen molar-refractivity contribution >= 4 is 28.6 Å². The Labute approximate surface area is 160 Å². The van der Waals surface area contributed by atoms with E-state index in [9.17, 15) is 0 Å². The molecule has 6 nitrogen and oxygen atoms in total. The first-order valence-corrected chi connectivity index (χ1v) is 8.94. The number of rotatable bonds is 2. The van der Waals surface area contributed by atoms with Gasteiger partial charge in [0.25, 0.3) is 0 Å². The van der Waals surface area contributed by atoms with Crippen molar-refractivity contribution in [3.05, 3.63) is 65.1 Å². The maximum atomic E-state index is 6.11. The van der Waals surface area contributed by atoms with Crippen molar-refractivity contribution in [3.8, 4) is 17.0 Å². The molecule has 0 saturated heterocycles. The lowest BCUT2D eigenvalue weighted by Crippen LogP contribution is -2.19. The summed E-state index contributed by atoms with van der Waals surface area (Å²) in [6.07, 6.45) is 2.41. The van der Waals surface area contributed by atoms with Crippen LogP contribution in [0.1, 0.15) is 17.4 Å². The van der Waals surface area contributed by atoms with E-state index in [1.165, 1.54) is 0 Å². The number of aromatic nitrogens is 3. The first-order chi connectivity index (χ1) is 13.2. The molecule has 0 spiro atoms. The number of nitrogens with two attached hydrogens (primary N) is 1. The van der Waals surface area contributed by atoms with Crippen molar-refractivity contribution in [2.75, 3.05) is 12.3 Å². The number of halogens is 1. The molecule has 1 aliphatic rings. The van der Waals surface area contributed by atoms with Gasteiger partial charge in [0.1, 0.15) is 17.9 Å². The summed E-state index contributed by atoms with van der Waals surface area (Å²) in [6, 6.07) is 13.3. The second-order valence-corrected chi connectivity index (χ2v) is 6.94. The Morgan fingerprint density at radius 1 is 1.07 bits per heavy atom. The average molecular weight is 379 g/mol. The highest BCUT2D eigenvalue weighted by atomic mass is 35.5. The summed E-state index contributed by atoms with van der Waals surface area (Å²) in [5.41, 5.74) is 9.89. The molecule has 27 heavy (non-hydrogen) atoms. The van der Waals surface area contributed by atoms with E-state index in [-0.39, 0.29) is 11.9 Å². The summed E-state index contributed by atoms with van der Waals surface area (Å²) in [7, 11) is 0. The first kappa shape index (κ1) is 16.1. The number of fused-ring (bicyclic) bond motifs is 2. The largest absolute Gasteiger partial charge is 0.492 e. The Hall–Kier alpha value is -3.12. The zero-order chi connectivity index (χ0) is 18.4. The Bertz CT molecular complexity index is 1160. The van der Waals surface area contributed by atoms with Crippen LogP contribution in [0.4, 0.5) is 5.95 Å². The molecule has 1 unspecified atom stereocenters. The predicted molar refractivity (Wildman–Crippen MR) is 103 cm³/mol. The number of nitrogens with zero attached hydrogens (tertiary/aromatic N) is 3. The second-order valence-electron chi connectivity index (χ2n) is 6.50. The number of benzene rings is 2. The van der Waals surface area contributed by atoms with Gasteiger partial charge in [0.2, 0.25) is 11.8 Å². The standard InChI is InChI=1S/C20H15ClN4O2/c21-14-2-4-17-12(8-14)7-13(10-26-17)19-24-16-3-1-11(9-18(16)27-19)15-5-6-23-20(22)25-15/h1-6,8-9,13H,7,10H2,(H2,22,23,25). The van der Waals surface area contributed by atoms with E-state index in [4.69, 9.17) is 26.5 Å². The third-order valence-corrected chi connectivity index (χ3v) is 4.89. The lowest BCUT2D eigenvalue weighted by Gasteiger charge is -2.23. The van der Waals surface area contributed by atoms with E-state index in [0.29, 0.717) is 23.1 Å². The smallest absolute Gasteiger partial charge is 0.220 e. The molecule has 2 aromatic heterocycles. The van der Waals surface area contributed by atoms with Crippen LogP contribution in [-0.4, -0.2) is 21.6 Å². The molecule has 3 heterocycles. The molecule has 0 bridgehead atoms. The minimum Gasteiger partial charge on any atom is -0.492 e. The Balaban J connectivity index is 1.48. The van der Waals surface area contributed by atoms with Gasteiger partial charge in [-0.25, -0.2) is 15.0 Å². The molecule has 0 radical (unpaired) electrons. The van der Waals surface area contributed by atoms with Gasteiger partial charge in [-0.05, 0) is 48.4 Å². The molecule has 0 fully saturated rings. The number of ether oxygens (including phenoxy) is 1. The Kier molecular flexibility index (Phi) is 3.72. The minimum atomic E-state index is 0.0431. The highest BCUT2D eigenvalue weighted by molar-refractivity contribution is 6.30. The zero-order valence-electron chi connectivity index (χ0n) is 14.2. The van der Waals surface area contributed by atoms with Crippen LogP contribution in [0.5, 0.6) is 5.75 Å². The zero-order valence-corrected chi connectivity index (χ0v) is 15.0. The van der Waals surface area contributed by atoms with E-state index < -0.39 is 0 Å². The molecule has 2 aromatic carbocycles. The number of hydrogen-bond donors (Lipinski definition) is 1. The normalized spacial score (nSPS) is 16.1. The molecule has 4 aromatic rings. The van der Waals surface area contributed by atoms with Crippen LogP contribution in [-0.2, 0) is 6.42 Å². The Morgan fingerprint density at radius 2 is 2.00 bits per heavy atom. The van der Waals surface area contributed by atoms with Gasteiger partial charge in [-0.3, -0.25) is 0 Å². The van der Waals surface area contributed by atoms with Gasteiger partial charge in [-0.15, -0.1) is 0 Å². The average Bonchev–Trinajstić information content (AvgIpc) is 3.10. The van der Waals surface area contributed by atoms with Crippen LogP contribution in [0.25, 0.3) is 22.4 Å². The molecule has 2 N–H and O–H groups in total. The summed E-state index contributed by atoms with van der Waals surface area (Å²) in [5, 5.41) is 0.698. The van der Waals surface area contributed by atoms with Gasteiger partial charge in [0, 0.05) is 16.8 Å². The van der Waals surface area contributed by atoms with Crippen molar-refractivity contribution in [1.29, 1.82) is 0 Å². The van der Waals surface area contributed by atoms with Gasteiger partial charge in [0.05, 0.1) is 11.6 Å². The minimum absolute atomic E-state index is 0.0431. The van der Waals surface area contributed by atoms with Gasteiger partial charge < -0.3 is 14.9 Å². The number of anilines is 1. The molecule has 1 atom stereocenters. The molecule has 0 amide bonds. The molecular weight excluding hydrogens is 364 g/mol. The lowest BCUT2D eigenvalue weighted by atomic mass is 9.97. The molecular formula is C20H15ClN4O2. The van der Waals surface area contributed by atoms with Crippen LogP contribution in [0.2, 0.25) is 5.02 Å². The van der Waals surface area contributed by atoms with E-state index in [0.717, 1.165) is 34.5 Å². The van der Waals surface area contributed by atoms with Crippen LogP contribution in [0.3, 0.4) is 0 Å². The summed E-state index contributed by atoms with van der Waals surface area (Å²) in [6.45, 7) is 0.525. The SMILES string of the molecule is Nc1nccc(-c2ccc3nc(C4COc5ccc(Cl)cc5C4)oc3c2)n1. The number of oxazole rings is 1. The Morgan fingerprint density at radius 3 is 2.89 bits per heavy atom. The summed E-state index contributed by atoms with van der Waals surface area (Å²) < 4.78 is 11.9.